The van der Waals surface area contributed by atoms with Gasteiger partial charge in [-0.25, -0.2) is 4.39 Å². The Morgan fingerprint density at radius 2 is 2.00 bits per heavy atom. The van der Waals surface area contributed by atoms with E-state index in [1.807, 2.05) is 30.3 Å². The number of hydrogen-bond donors (Lipinski definition) is 1. The van der Waals surface area contributed by atoms with E-state index in [9.17, 15) is 14.0 Å². The largest absolute Gasteiger partial charge is 0.325 e. The van der Waals surface area contributed by atoms with Crippen LogP contribution in [0, 0.1) is 5.82 Å². The molecule has 1 aliphatic heterocycles. The predicted molar refractivity (Wildman–Crippen MR) is 106 cm³/mol. The van der Waals surface area contributed by atoms with E-state index in [0.717, 1.165) is 37.1 Å². The molecule has 1 heterocycles. The molecular weight excluding hydrogens is 357 g/mol. The van der Waals surface area contributed by atoms with Crippen molar-refractivity contribution in [3.05, 3.63) is 59.9 Å². The highest BCUT2D eigenvalue weighted by Gasteiger charge is 2.30. The summed E-state index contributed by atoms with van der Waals surface area (Å²) in [5, 5.41) is 2.94. The quantitative estimate of drug-likeness (QED) is 0.798. The van der Waals surface area contributed by atoms with Gasteiger partial charge in [-0.2, -0.15) is 0 Å². The van der Waals surface area contributed by atoms with Gasteiger partial charge in [0.05, 0.1) is 6.54 Å². The van der Waals surface area contributed by atoms with Gasteiger partial charge in [-0.05, 0) is 55.2 Å². The zero-order valence-electron chi connectivity index (χ0n) is 15.7. The van der Waals surface area contributed by atoms with Gasteiger partial charge in [0.25, 0.3) is 0 Å². The summed E-state index contributed by atoms with van der Waals surface area (Å²) in [6, 6.07) is 14.3. The number of halogens is 1. The number of hydrogen-bond acceptors (Lipinski definition) is 3. The predicted octanol–water partition coefficient (Wildman–Crippen LogP) is 3.56. The van der Waals surface area contributed by atoms with E-state index in [1.54, 1.807) is 11.0 Å². The molecule has 146 valence electrons. The van der Waals surface area contributed by atoms with E-state index >= 15 is 0 Å². The highest BCUT2D eigenvalue weighted by atomic mass is 19.1. The second kappa shape index (κ2) is 8.10. The van der Waals surface area contributed by atoms with Gasteiger partial charge in [0.2, 0.25) is 11.8 Å². The highest BCUT2D eigenvalue weighted by Crippen LogP contribution is 2.29. The van der Waals surface area contributed by atoms with E-state index in [4.69, 9.17) is 0 Å². The smallest absolute Gasteiger partial charge is 0.238 e. The van der Waals surface area contributed by atoms with Crippen LogP contribution in [0.5, 0.6) is 0 Å². The Bertz CT molecular complexity index is 882. The van der Waals surface area contributed by atoms with E-state index in [2.05, 4.69) is 10.2 Å². The molecule has 1 aliphatic carbocycles. The van der Waals surface area contributed by atoms with Crippen molar-refractivity contribution in [2.24, 2.45) is 0 Å². The summed E-state index contributed by atoms with van der Waals surface area (Å²) in [7, 11) is 0. The average Bonchev–Trinajstić information content (AvgIpc) is 3.42. The van der Waals surface area contributed by atoms with Crippen LogP contribution in [0.3, 0.4) is 0 Å². The molecule has 1 N–H and O–H groups in total. The van der Waals surface area contributed by atoms with E-state index < -0.39 is 0 Å². The second-order valence-electron chi connectivity index (χ2n) is 7.51. The Balaban J connectivity index is 1.39. The molecule has 2 aliphatic rings. The Kier molecular flexibility index (Phi) is 5.39. The first-order valence-corrected chi connectivity index (χ1v) is 9.77. The van der Waals surface area contributed by atoms with Gasteiger partial charge in [-0.3, -0.25) is 14.5 Å². The minimum atomic E-state index is -0.258. The van der Waals surface area contributed by atoms with E-state index in [-0.39, 0.29) is 24.2 Å². The SMILES string of the molecule is O=C(CN(Cc1cccc(F)c1)C1CC1)Nc1cccc(N2CCCC2=O)c1. The second-order valence-corrected chi connectivity index (χ2v) is 7.51. The summed E-state index contributed by atoms with van der Waals surface area (Å²) < 4.78 is 13.5. The van der Waals surface area contributed by atoms with Crippen molar-refractivity contribution in [1.82, 2.24) is 4.90 Å². The molecule has 2 fully saturated rings. The number of nitrogens with one attached hydrogen (secondary N) is 1. The van der Waals surface area contributed by atoms with E-state index in [1.165, 1.54) is 12.1 Å². The van der Waals surface area contributed by atoms with Crippen molar-refractivity contribution < 1.29 is 14.0 Å². The number of carbonyl (C=O) groups excluding carboxylic acids is 2. The van der Waals surface area contributed by atoms with Crippen LogP contribution in [0.15, 0.2) is 48.5 Å². The van der Waals surface area contributed by atoms with Gasteiger partial charge in [0.1, 0.15) is 5.82 Å². The summed E-state index contributed by atoms with van der Waals surface area (Å²) in [5.41, 5.74) is 2.37. The molecule has 0 atom stereocenters. The minimum Gasteiger partial charge on any atom is -0.325 e. The maximum absolute atomic E-state index is 13.5. The molecular formula is C22H24FN3O2. The Morgan fingerprint density at radius 3 is 2.71 bits per heavy atom. The van der Waals surface area contributed by atoms with Crippen molar-refractivity contribution in [3.63, 3.8) is 0 Å². The van der Waals surface area contributed by atoms with Gasteiger partial charge in [-0.1, -0.05) is 18.2 Å². The first-order valence-electron chi connectivity index (χ1n) is 9.77. The molecule has 5 nitrogen and oxygen atoms in total. The van der Waals surface area contributed by atoms with Crippen molar-refractivity contribution in [1.29, 1.82) is 0 Å². The van der Waals surface area contributed by atoms with Crippen LogP contribution in [0.1, 0.15) is 31.2 Å². The van der Waals surface area contributed by atoms with Gasteiger partial charge in [0.15, 0.2) is 0 Å². The van der Waals surface area contributed by atoms with Crippen LogP contribution >= 0.6 is 0 Å². The molecule has 6 heteroatoms. The number of nitrogens with zero attached hydrogens (tertiary/aromatic N) is 2. The number of anilines is 2. The number of amides is 2. The highest BCUT2D eigenvalue weighted by molar-refractivity contribution is 5.97. The molecule has 1 saturated carbocycles. The molecule has 2 aromatic rings. The standard InChI is InChI=1S/C22H24FN3O2/c23-17-5-1-4-16(12-17)14-25(19-9-10-19)15-21(27)24-18-6-2-7-20(13-18)26-11-3-8-22(26)28/h1-2,4-7,12-13,19H,3,8-11,14-15H2,(H,24,27). The summed E-state index contributed by atoms with van der Waals surface area (Å²) >= 11 is 0. The summed E-state index contributed by atoms with van der Waals surface area (Å²) in [4.78, 5) is 28.4. The maximum Gasteiger partial charge on any atom is 0.238 e. The maximum atomic E-state index is 13.5. The zero-order valence-corrected chi connectivity index (χ0v) is 15.7. The fourth-order valence-electron chi connectivity index (χ4n) is 3.68. The Hall–Kier alpha value is -2.73. The lowest BCUT2D eigenvalue weighted by Gasteiger charge is -2.22. The van der Waals surface area contributed by atoms with Crippen LogP contribution in [0.2, 0.25) is 0 Å². The molecule has 0 aromatic heterocycles. The van der Waals surface area contributed by atoms with Crippen LogP contribution in [0.25, 0.3) is 0 Å². The van der Waals surface area contributed by atoms with Crippen LogP contribution < -0.4 is 10.2 Å². The number of rotatable bonds is 7. The first kappa shape index (κ1) is 18.6. The molecule has 1 saturated heterocycles. The zero-order chi connectivity index (χ0) is 19.5. The molecule has 2 amide bonds. The van der Waals surface area contributed by atoms with Crippen molar-refractivity contribution in [3.8, 4) is 0 Å². The third kappa shape index (κ3) is 4.57. The van der Waals surface area contributed by atoms with Crippen molar-refractivity contribution in [2.45, 2.75) is 38.3 Å². The summed E-state index contributed by atoms with van der Waals surface area (Å²) in [6.07, 6.45) is 3.57. The number of carbonyl (C=O) groups is 2. The van der Waals surface area contributed by atoms with Crippen LogP contribution in [0.4, 0.5) is 15.8 Å². The third-order valence-electron chi connectivity index (χ3n) is 5.20. The van der Waals surface area contributed by atoms with Crippen LogP contribution in [-0.4, -0.2) is 35.8 Å². The minimum absolute atomic E-state index is 0.104. The van der Waals surface area contributed by atoms with E-state index in [0.29, 0.717) is 24.7 Å². The van der Waals surface area contributed by atoms with Gasteiger partial charge >= 0.3 is 0 Å². The Labute approximate surface area is 164 Å². The average molecular weight is 381 g/mol. The lowest BCUT2D eigenvalue weighted by Crippen LogP contribution is -2.34. The monoisotopic (exact) mass is 381 g/mol. The lowest BCUT2D eigenvalue weighted by molar-refractivity contribution is -0.118. The van der Waals surface area contributed by atoms with Gasteiger partial charge in [0, 0.05) is 36.9 Å². The molecule has 0 radical (unpaired) electrons. The molecule has 28 heavy (non-hydrogen) atoms. The normalized spacial score (nSPS) is 16.6. The topological polar surface area (TPSA) is 52.7 Å². The molecule has 0 unspecified atom stereocenters. The third-order valence-corrected chi connectivity index (χ3v) is 5.20. The van der Waals surface area contributed by atoms with Crippen molar-refractivity contribution >= 4 is 23.2 Å². The summed E-state index contributed by atoms with van der Waals surface area (Å²) in [6.45, 7) is 1.53. The molecule has 4 rings (SSSR count). The fourth-order valence-corrected chi connectivity index (χ4v) is 3.68. The van der Waals surface area contributed by atoms with Crippen molar-refractivity contribution in [2.75, 3.05) is 23.3 Å². The molecule has 0 spiro atoms. The Morgan fingerprint density at radius 1 is 1.18 bits per heavy atom. The van der Waals surface area contributed by atoms with Gasteiger partial charge in [-0.15, -0.1) is 0 Å². The summed E-state index contributed by atoms with van der Waals surface area (Å²) in [5.74, 6) is -0.238. The number of benzene rings is 2. The lowest BCUT2D eigenvalue weighted by atomic mass is 10.2. The van der Waals surface area contributed by atoms with Gasteiger partial charge < -0.3 is 10.2 Å². The first-order chi connectivity index (χ1) is 13.6. The molecule has 2 aromatic carbocycles. The van der Waals surface area contributed by atoms with Crippen LogP contribution in [-0.2, 0) is 16.1 Å². The fraction of sp³-hybridized carbons (Fsp3) is 0.364. The molecule has 0 bridgehead atoms.